The molecule has 2 fully saturated rings. The lowest BCUT2D eigenvalue weighted by atomic mass is 9.88. The number of piperazine rings is 1. The summed E-state index contributed by atoms with van der Waals surface area (Å²) in [5, 5.41) is 9.29. The molecule has 0 unspecified atom stereocenters. The minimum absolute atomic E-state index is 0.0376. The molecule has 1 N–H and O–H groups in total. The highest BCUT2D eigenvalue weighted by atomic mass is 16.3. The molecule has 1 aliphatic heterocycles. The Hall–Kier alpha value is -0.160. The Balaban J connectivity index is 1.66. The fourth-order valence-electron chi connectivity index (χ4n) is 2.60. The van der Waals surface area contributed by atoms with Crippen molar-refractivity contribution in [2.24, 2.45) is 0 Å². The summed E-state index contributed by atoms with van der Waals surface area (Å²) in [7, 11) is 2.18. The average molecular weight is 227 g/mol. The lowest BCUT2D eigenvalue weighted by Gasteiger charge is -2.42. The molecule has 1 saturated carbocycles. The van der Waals surface area contributed by atoms with Crippen LogP contribution in [-0.2, 0) is 0 Å². The smallest absolute Gasteiger partial charge is 0.0570 e. The summed E-state index contributed by atoms with van der Waals surface area (Å²) in [6.45, 7) is 9.27. The van der Waals surface area contributed by atoms with E-state index in [-0.39, 0.29) is 6.10 Å². The normalized spacial score (nSPS) is 33.0. The van der Waals surface area contributed by atoms with Crippen LogP contribution in [-0.4, -0.2) is 78.4 Å². The van der Waals surface area contributed by atoms with E-state index in [1.54, 1.807) is 0 Å². The van der Waals surface area contributed by atoms with E-state index in [2.05, 4.69) is 28.7 Å². The molecule has 94 valence electrons. The molecule has 1 aliphatic carbocycles. The van der Waals surface area contributed by atoms with E-state index in [1.807, 2.05) is 0 Å². The maximum absolute atomic E-state index is 9.29. The highest BCUT2D eigenvalue weighted by Crippen LogP contribution is 2.24. The highest BCUT2D eigenvalue weighted by molar-refractivity contribution is 4.85. The first kappa shape index (κ1) is 12.3. The summed E-state index contributed by atoms with van der Waals surface area (Å²) in [4.78, 5) is 7.43. The minimum atomic E-state index is -0.0376. The third kappa shape index (κ3) is 2.94. The topological polar surface area (TPSA) is 30.0 Å². The van der Waals surface area contributed by atoms with Crippen LogP contribution in [0.3, 0.4) is 0 Å². The first-order chi connectivity index (χ1) is 7.69. The van der Waals surface area contributed by atoms with Crippen LogP contribution < -0.4 is 0 Å². The van der Waals surface area contributed by atoms with Crippen LogP contribution in [0.25, 0.3) is 0 Å². The Morgan fingerprint density at radius 2 is 1.69 bits per heavy atom. The van der Waals surface area contributed by atoms with Crippen molar-refractivity contribution in [3.8, 4) is 0 Å². The molecule has 0 aromatic rings. The number of rotatable bonds is 4. The lowest BCUT2D eigenvalue weighted by molar-refractivity contribution is -0.0161. The molecule has 0 spiro atoms. The molecule has 0 aromatic carbocycles. The Morgan fingerprint density at radius 3 is 2.19 bits per heavy atom. The van der Waals surface area contributed by atoms with Crippen molar-refractivity contribution >= 4 is 0 Å². The summed E-state index contributed by atoms with van der Waals surface area (Å²) in [5.74, 6) is 0. The molecule has 2 rings (SSSR count). The molecule has 0 amide bonds. The second kappa shape index (κ2) is 5.45. The Morgan fingerprint density at radius 1 is 1.12 bits per heavy atom. The number of nitrogens with zero attached hydrogens (tertiary/aromatic N) is 3. The monoisotopic (exact) mass is 227 g/mol. The number of aliphatic hydroxyl groups excluding tert-OH is 1. The zero-order valence-corrected chi connectivity index (χ0v) is 10.6. The molecule has 0 aromatic heterocycles. The zero-order chi connectivity index (χ0) is 11.5. The van der Waals surface area contributed by atoms with Gasteiger partial charge in [0, 0.05) is 32.2 Å². The summed E-state index contributed by atoms with van der Waals surface area (Å²) < 4.78 is 0. The van der Waals surface area contributed by atoms with Gasteiger partial charge in [0.15, 0.2) is 0 Å². The molecular formula is C12H25N3O. The van der Waals surface area contributed by atoms with Crippen LogP contribution in [0.15, 0.2) is 0 Å². The first-order valence-electron chi connectivity index (χ1n) is 6.52. The molecule has 1 heterocycles. The van der Waals surface area contributed by atoms with E-state index in [1.165, 1.54) is 32.7 Å². The fourth-order valence-corrected chi connectivity index (χ4v) is 2.60. The molecule has 4 nitrogen and oxygen atoms in total. The second-order valence-electron chi connectivity index (χ2n) is 5.23. The van der Waals surface area contributed by atoms with Crippen molar-refractivity contribution in [2.45, 2.75) is 31.9 Å². The van der Waals surface area contributed by atoms with Crippen molar-refractivity contribution in [1.29, 1.82) is 0 Å². The van der Waals surface area contributed by atoms with Gasteiger partial charge in [0.1, 0.15) is 0 Å². The quantitative estimate of drug-likeness (QED) is 0.734. The van der Waals surface area contributed by atoms with Crippen LogP contribution >= 0.6 is 0 Å². The largest absolute Gasteiger partial charge is 0.393 e. The van der Waals surface area contributed by atoms with Gasteiger partial charge in [-0.1, -0.05) is 6.92 Å². The van der Waals surface area contributed by atoms with Crippen molar-refractivity contribution in [3.63, 3.8) is 0 Å². The first-order valence-corrected chi connectivity index (χ1v) is 6.52. The second-order valence-corrected chi connectivity index (χ2v) is 5.23. The number of likely N-dealkylation sites (N-methyl/N-ethyl adjacent to an activating group) is 1. The van der Waals surface area contributed by atoms with Crippen molar-refractivity contribution in [3.05, 3.63) is 0 Å². The number of aliphatic hydroxyl groups is 1. The maximum atomic E-state index is 9.29. The maximum Gasteiger partial charge on any atom is 0.0570 e. The predicted molar refractivity (Wildman–Crippen MR) is 65.3 cm³/mol. The van der Waals surface area contributed by atoms with Gasteiger partial charge >= 0.3 is 0 Å². The van der Waals surface area contributed by atoms with Crippen molar-refractivity contribution in [2.75, 3.05) is 46.4 Å². The van der Waals surface area contributed by atoms with Gasteiger partial charge in [-0.2, -0.15) is 0 Å². The molecule has 0 radical (unpaired) electrons. The van der Waals surface area contributed by atoms with Crippen LogP contribution in [0, 0.1) is 0 Å². The van der Waals surface area contributed by atoms with Gasteiger partial charge < -0.3 is 10.0 Å². The molecule has 2 aliphatic rings. The van der Waals surface area contributed by atoms with Crippen LogP contribution in [0.4, 0.5) is 0 Å². The molecule has 4 heteroatoms. The van der Waals surface area contributed by atoms with Crippen LogP contribution in [0.2, 0.25) is 0 Å². The molecule has 16 heavy (non-hydrogen) atoms. The van der Waals surface area contributed by atoms with Gasteiger partial charge in [-0.05, 0) is 26.4 Å². The van der Waals surface area contributed by atoms with Crippen molar-refractivity contribution < 1.29 is 5.11 Å². The summed E-state index contributed by atoms with van der Waals surface area (Å²) in [6.07, 6.45) is 1.89. The zero-order valence-electron chi connectivity index (χ0n) is 10.6. The fraction of sp³-hybridized carbons (Fsp3) is 1.00. The van der Waals surface area contributed by atoms with E-state index in [0.29, 0.717) is 6.04 Å². The SMILES string of the molecule is CCN1CCN(CN(C)C2CC(O)C2)CC1. The summed E-state index contributed by atoms with van der Waals surface area (Å²) in [6, 6.07) is 0.610. The van der Waals surface area contributed by atoms with E-state index in [0.717, 1.165) is 19.5 Å². The summed E-state index contributed by atoms with van der Waals surface area (Å²) in [5.41, 5.74) is 0. The average Bonchev–Trinajstić information content (AvgIpc) is 2.26. The van der Waals surface area contributed by atoms with Crippen molar-refractivity contribution in [1.82, 2.24) is 14.7 Å². The molecular weight excluding hydrogens is 202 g/mol. The van der Waals surface area contributed by atoms with Gasteiger partial charge in [-0.25, -0.2) is 0 Å². The number of hydrogen-bond acceptors (Lipinski definition) is 4. The lowest BCUT2D eigenvalue weighted by Crippen LogP contribution is -2.53. The van der Waals surface area contributed by atoms with Crippen LogP contribution in [0.1, 0.15) is 19.8 Å². The van der Waals surface area contributed by atoms with Gasteiger partial charge in [0.25, 0.3) is 0 Å². The molecule has 0 bridgehead atoms. The summed E-state index contributed by atoms with van der Waals surface area (Å²) >= 11 is 0. The molecule has 0 atom stereocenters. The number of hydrogen-bond donors (Lipinski definition) is 1. The standard InChI is InChI=1S/C12H25N3O/c1-3-14-4-6-15(7-5-14)10-13(2)11-8-12(16)9-11/h11-12,16H,3-10H2,1-2H3. The van der Waals surface area contributed by atoms with E-state index in [9.17, 15) is 5.11 Å². The highest BCUT2D eigenvalue weighted by Gasteiger charge is 2.31. The predicted octanol–water partition coefficient (Wildman–Crippen LogP) is 0.0365. The van der Waals surface area contributed by atoms with Gasteiger partial charge in [0.05, 0.1) is 12.8 Å². The van der Waals surface area contributed by atoms with Gasteiger partial charge in [-0.15, -0.1) is 0 Å². The van der Waals surface area contributed by atoms with Gasteiger partial charge in [0.2, 0.25) is 0 Å². The van der Waals surface area contributed by atoms with E-state index < -0.39 is 0 Å². The third-order valence-corrected chi connectivity index (χ3v) is 4.05. The van der Waals surface area contributed by atoms with Gasteiger partial charge in [-0.3, -0.25) is 9.80 Å². The Bertz CT molecular complexity index is 210. The van der Waals surface area contributed by atoms with E-state index in [4.69, 9.17) is 0 Å². The Kier molecular flexibility index (Phi) is 4.19. The minimum Gasteiger partial charge on any atom is -0.393 e. The third-order valence-electron chi connectivity index (χ3n) is 4.05. The van der Waals surface area contributed by atoms with E-state index >= 15 is 0 Å². The van der Waals surface area contributed by atoms with Crippen LogP contribution in [0.5, 0.6) is 0 Å². The Labute approximate surface area is 98.8 Å². The molecule has 1 saturated heterocycles.